The van der Waals surface area contributed by atoms with E-state index in [0.717, 1.165) is 24.8 Å². The first-order valence-corrected chi connectivity index (χ1v) is 18.3. The van der Waals surface area contributed by atoms with E-state index in [1.165, 1.54) is 15.5 Å². The second-order valence-electron chi connectivity index (χ2n) is 14.6. The number of anilines is 1. The molecule has 3 aromatic carbocycles. The zero-order chi connectivity index (χ0) is 39.0. The lowest BCUT2D eigenvalue weighted by Gasteiger charge is -2.34. The van der Waals surface area contributed by atoms with E-state index in [0.29, 0.717) is 52.6 Å². The van der Waals surface area contributed by atoms with E-state index in [9.17, 15) is 39.3 Å². The van der Waals surface area contributed by atoms with Crippen LogP contribution in [0, 0.1) is 5.92 Å². The zero-order valence-electron chi connectivity index (χ0n) is 30.4. The fourth-order valence-corrected chi connectivity index (χ4v) is 7.63. The predicted molar refractivity (Wildman–Crippen MR) is 199 cm³/mol. The van der Waals surface area contributed by atoms with Gasteiger partial charge in [-0.15, -0.1) is 0 Å². The number of amides is 4. The van der Waals surface area contributed by atoms with Gasteiger partial charge in [0.05, 0.1) is 11.3 Å². The number of phenolic OH excluding ortho intramolecular Hbond substituents is 2. The second-order valence-corrected chi connectivity index (χ2v) is 14.6. The van der Waals surface area contributed by atoms with Crippen molar-refractivity contribution in [3.05, 3.63) is 87.3 Å². The molecule has 6 N–H and O–H groups in total. The number of hydrogen-bond donors (Lipinski definition) is 6. The molecule has 288 valence electrons. The van der Waals surface area contributed by atoms with Crippen LogP contribution in [0.4, 0.5) is 10.5 Å². The normalized spacial score (nSPS) is 18.4. The summed E-state index contributed by atoms with van der Waals surface area (Å²) >= 11 is 0. The molecule has 2 fully saturated rings. The number of imide groups is 1. The molecule has 3 aliphatic heterocycles. The van der Waals surface area contributed by atoms with E-state index < -0.39 is 30.0 Å². The molecule has 2 unspecified atom stereocenters. The van der Waals surface area contributed by atoms with E-state index >= 15 is 0 Å². The molecule has 0 aliphatic carbocycles. The lowest BCUT2D eigenvalue weighted by molar-refractivity contribution is -0.136. The van der Waals surface area contributed by atoms with Crippen LogP contribution in [0.3, 0.4) is 0 Å². The Bertz CT molecular complexity index is 2190. The highest BCUT2D eigenvalue weighted by atomic mass is 16.6. The number of nitrogens with zero attached hydrogens (tertiary/aromatic N) is 4. The maximum absolute atomic E-state index is 13.1. The van der Waals surface area contributed by atoms with Gasteiger partial charge in [-0.25, -0.2) is 19.3 Å². The number of carbonyl (C=O) groups excluding carboxylic acids is 4. The van der Waals surface area contributed by atoms with Gasteiger partial charge in [-0.1, -0.05) is 32.0 Å². The first-order valence-electron chi connectivity index (χ1n) is 18.3. The number of aromatic amines is 1. The average molecular weight is 754 g/mol. The highest BCUT2D eigenvalue weighted by Gasteiger charge is 2.40. The van der Waals surface area contributed by atoms with Gasteiger partial charge in [-0.2, -0.15) is 5.10 Å². The van der Waals surface area contributed by atoms with Gasteiger partial charge in [0, 0.05) is 48.9 Å². The van der Waals surface area contributed by atoms with Gasteiger partial charge >= 0.3 is 11.8 Å². The number of phenols is 2. The number of aliphatic hydroxyl groups excluding tert-OH is 1. The van der Waals surface area contributed by atoms with E-state index in [4.69, 9.17) is 4.74 Å². The number of piperidine rings is 2. The van der Waals surface area contributed by atoms with Crippen molar-refractivity contribution in [2.24, 2.45) is 5.92 Å². The van der Waals surface area contributed by atoms with Crippen molar-refractivity contribution in [2.45, 2.75) is 70.7 Å². The Morgan fingerprint density at radius 2 is 1.73 bits per heavy atom. The topological polar surface area (TPSA) is 219 Å². The van der Waals surface area contributed by atoms with Gasteiger partial charge in [-0.05, 0) is 79.0 Å². The molecule has 16 heteroatoms. The number of ether oxygens (including phenoxy) is 1. The Kier molecular flexibility index (Phi) is 10.4. The van der Waals surface area contributed by atoms with Crippen molar-refractivity contribution in [3.63, 3.8) is 0 Å². The summed E-state index contributed by atoms with van der Waals surface area (Å²) in [6, 6.07) is 14.6. The number of carbonyl (C=O) groups is 4. The molecule has 16 nitrogen and oxygen atoms in total. The number of rotatable bonds is 10. The molecule has 55 heavy (non-hydrogen) atoms. The molecular weight excluding hydrogens is 710 g/mol. The van der Waals surface area contributed by atoms with Crippen LogP contribution in [0.2, 0.25) is 0 Å². The van der Waals surface area contributed by atoms with E-state index in [2.05, 4.69) is 20.8 Å². The van der Waals surface area contributed by atoms with Gasteiger partial charge in [0.1, 0.15) is 30.4 Å². The molecule has 0 spiro atoms. The maximum atomic E-state index is 13.1. The number of nitrogens with one attached hydrogen (secondary N) is 3. The number of fused-ring (bicyclic) bond motifs is 1. The van der Waals surface area contributed by atoms with E-state index in [1.54, 1.807) is 24.3 Å². The van der Waals surface area contributed by atoms with Crippen LogP contribution in [0.1, 0.15) is 72.5 Å². The summed E-state index contributed by atoms with van der Waals surface area (Å²) in [6.07, 6.45) is 0.970. The third-order valence-electron chi connectivity index (χ3n) is 10.7. The molecule has 2 atom stereocenters. The van der Waals surface area contributed by atoms with Gasteiger partial charge < -0.3 is 25.0 Å². The third kappa shape index (κ3) is 7.68. The number of hydrogen-bond acceptors (Lipinski definition) is 11. The van der Waals surface area contributed by atoms with E-state index in [1.807, 2.05) is 43.0 Å². The minimum Gasteiger partial charge on any atom is -0.508 e. The van der Waals surface area contributed by atoms with Crippen molar-refractivity contribution >= 4 is 29.5 Å². The standard InChI is InChI=1S/C39H43N7O9/c1-21(2)26-17-27(32(48)18-31(26)47)35-42-43-38(53)46(35)24-8-6-22(7-9-24)16-23-12-14-44(15-13-23)34(50)20-55-39(54)40-29-5-3-4-25-28(29)19-45(37(25)52)30-10-11-33(49)41-36(30)51/h3-9,17-18,21,23,30,34,47-48,50H,10-16,19-20H2,1-2H3,(H,40,54)(H,43,53)(H,41,49,51). The molecule has 4 aromatic rings. The third-order valence-corrected chi connectivity index (χ3v) is 10.7. The smallest absolute Gasteiger partial charge is 0.411 e. The minimum absolute atomic E-state index is 0.0202. The number of likely N-dealkylation sites (tertiary alicyclic amines) is 1. The molecule has 1 aromatic heterocycles. The largest absolute Gasteiger partial charge is 0.508 e. The first-order chi connectivity index (χ1) is 26.4. The highest BCUT2D eigenvalue weighted by molar-refractivity contribution is 6.06. The second kappa shape index (κ2) is 15.4. The van der Waals surface area contributed by atoms with Crippen LogP contribution in [0.5, 0.6) is 11.5 Å². The lowest BCUT2D eigenvalue weighted by Crippen LogP contribution is -2.52. The molecule has 3 aliphatic rings. The number of aromatic nitrogens is 3. The average Bonchev–Trinajstić information content (AvgIpc) is 3.70. The molecular formula is C39H43N7O9. The van der Waals surface area contributed by atoms with Crippen LogP contribution < -0.4 is 16.3 Å². The Morgan fingerprint density at radius 1 is 0.982 bits per heavy atom. The summed E-state index contributed by atoms with van der Waals surface area (Å²) in [5.41, 5.74) is 3.38. The summed E-state index contributed by atoms with van der Waals surface area (Å²) in [4.78, 5) is 65.9. The Hall–Kier alpha value is -6.00. The zero-order valence-corrected chi connectivity index (χ0v) is 30.4. The Labute approximate surface area is 315 Å². The summed E-state index contributed by atoms with van der Waals surface area (Å²) in [7, 11) is 0. The van der Waals surface area contributed by atoms with E-state index in [-0.39, 0.29) is 61.0 Å². The summed E-state index contributed by atoms with van der Waals surface area (Å²) < 4.78 is 6.74. The Morgan fingerprint density at radius 3 is 2.44 bits per heavy atom. The van der Waals surface area contributed by atoms with Crippen molar-refractivity contribution in [1.82, 2.24) is 29.9 Å². The van der Waals surface area contributed by atoms with Gasteiger partial charge in [0.25, 0.3) is 5.91 Å². The van der Waals surface area contributed by atoms with Crippen molar-refractivity contribution in [1.29, 1.82) is 0 Å². The van der Waals surface area contributed by atoms with Crippen LogP contribution in [-0.2, 0) is 27.3 Å². The predicted octanol–water partition coefficient (Wildman–Crippen LogP) is 3.34. The number of aromatic hydroxyl groups is 2. The molecule has 7 rings (SSSR count). The molecule has 0 saturated carbocycles. The molecule has 0 radical (unpaired) electrons. The van der Waals surface area contributed by atoms with Crippen LogP contribution >= 0.6 is 0 Å². The first kappa shape index (κ1) is 37.3. The minimum atomic E-state index is -1.01. The summed E-state index contributed by atoms with van der Waals surface area (Å²) in [5.74, 6) is -0.923. The van der Waals surface area contributed by atoms with Crippen molar-refractivity contribution in [2.75, 3.05) is 25.0 Å². The molecule has 4 amide bonds. The van der Waals surface area contributed by atoms with Crippen molar-refractivity contribution < 1.29 is 39.2 Å². The number of H-pyrrole nitrogens is 1. The monoisotopic (exact) mass is 753 g/mol. The SMILES string of the molecule is CC(C)c1cc(-c2n[nH]c(=O)n2-c2ccc(CC3CCN(C(O)COC(=O)Nc4cccc5c4CN(C4CCC(=O)NC4=O)C5=O)CC3)cc2)c(O)cc1O. The van der Waals surface area contributed by atoms with Crippen LogP contribution in [0.15, 0.2) is 59.4 Å². The van der Waals surface area contributed by atoms with Crippen LogP contribution in [0.25, 0.3) is 17.1 Å². The maximum Gasteiger partial charge on any atom is 0.411 e. The summed E-state index contributed by atoms with van der Waals surface area (Å²) in [5, 5.41) is 43.3. The molecule has 0 bridgehead atoms. The number of aliphatic hydroxyl groups is 1. The molecule has 2 saturated heterocycles. The summed E-state index contributed by atoms with van der Waals surface area (Å²) in [6.45, 7) is 4.87. The molecule has 4 heterocycles. The van der Waals surface area contributed by atoms with Gasteiger partial charge in [0.2, 0.25) is 11.8 Å². The fourth-order valence-electron chi connectivity index (χ4n) is 7.63. The van der Waals surface area contributed by atoms with Crippen LogP contribution in [-0.4, -0.2) is 95.7 Å². The van der Waals surface area contributed by atoms with Gasteiger partial charge in [0.15, 0.2) is 5.82 Å². The lowest BCUT2D eigenvalue weighted by atomic mass is 9.90. The highest BCUT2D eigenvalue weighted by Crippen LogP contribution is 2.37. The Balaban J connectivity index is 0.898. The fraction of sp³-hybridized carbons (Fsp3) is 0.385. The van der Waals surface area contributed by atoms with Crippen molar-refractivity contribution in [3.8, 4) is 28.6 Å². The van der Waals surface area contributed by atoms with Gasteiger partial charge in [-0.3, -0.25) is 29.9 Å². The number of benzene rings is 3. The quantitative estimate of drug-likeness (QED) is 0.129.